The van der Waals surface area contributed by atoms with Crippen molar-refractivity contribution >= 4 is 11.9 Å². The van der Waals surface area contributed by atoms with Crippen molar-refractivity contribution in [1.29, 1.82) is 0 Å². The lowest BCUT2D eigenvalue weighted by Crippen LogP contribution is -2.46. The van der Waals surface area contributed by atoms with Crippen LogP contribution in [0.25, 0.3) is 0 Å². The summed E-state index contributed by atoms with van der Waals surface area (Å²) in [5.74, 6) is 0.106. The molecule has 1 N–H and O–H groups in total. The van der Waals surface area contributed by atoms with Crippen molar-refractivity contribution in [2.75, 3.05) is 7.11 Å². The average Bonchev–Trinajstić information content (AvgIpc) is 2.34. The molecule has 0 radical (unpaired) electrons. The first kappa shape index (κ1) is 15.9. The van der Waals surface area contributed by atoms with Crippen LogP contribution in [0.5, 0.6) is 0 Å². The Labute approximate surface area is 104 Å². The number of carbonyl (C=O) groups excluding carboxylic acids is 2. The molecule has 1 unspecified atom stereocenters. The Morgan fingerprint density at radius 1 is 1.29 bits per heavy atom. The van der Waals surface area contributed by atoms with E-state index in [1.807, 2.05) is 20.8 Å². The number of rotatable bonds is 7. The molecule has 0 saturated heterocycles. The van der Waals surface area contributed by atoms with Gasteiger partial charge in [0.2, 0.25) is 0 Å². The maximum atomic E-state index is 12.4. The number of Topliss-reactive ketones (excluding diaryl/α,β-unsaturated/α-hetero) is 1. The summed E-state index contributed by atoms with van der Waals surface area (Å²) in [5.41, 5.74) is -0.351. The van der Waals surface area contributed by atoms with E-state index >= 15 is 0 Å². The van der Waals surface area contributed by atoms with Gasteiger partial charge < -0.3 is 10.1 Å². The lowest BCUT2D eigenvalue weighted by atomic mass is 9.76. The van der Waals surface area contributed by atoms with Gasteiger partial charge in [-0.15, -0.1) is 0 Å². The number of ether oxygens (including phenoxy) is 1. The van der Waals surface area contributed by atoms with Crippen molar-refractivity contribution < 1.29 is 14.3 Å². The van der Waals surface area contributed by atoms with E-state index in [-0.39, 0.29) is 11.2 Å². The second-order valence-electron chi connectivity index (χ2n) is 4.63. The first-order valence-electron chi connectivity index (χ1n) is 6.33. The Kier molecular flexibility index (Phi) is 6.85. The summed E-state index contributed by atoms with van der Waals surface area (Å²) in [6.07, 6.45) is 2.65. The third-order valence-electron chi connectivity index (χ3n) is 3.38. The number of nitrogens with one attached hydrogen (secondary N) is 1. The molecule has 0 fully saturated rings. The SMILES string of the molecule is CCCC(C)(CC)C(=O)[C@H](CC)NC(=O)OC. The molecular formula is C13H25NO3. The zero-order valence-electron chi connectivity index (χ0n) is 11.6. The summed E-state index contributed by atoms with van der Waals surface area (Å²) in [4.78, 5) is 23.6. The van der Waals surface area contributed by atoms with Gasteiger partial charge in [-0.3, -0.25) is 4.79 Å². The van der Waals surface area contributed by atoms with E-state index < -0.39 is 12.1 Å². The third-order valence-corrected chi connectivity index (χ3v) is 3.38. The molecule has 4 nitrogen and oxygen atoms in total. The predicted molar refractivity (Wildman–Crippen MR) is 67.9 cm³/mol. The molecule has 0 saturated carbocycles. The highest BCUT2D eigenvalue weighted by atomic mass is 16.5. The van der Waals surface area contributed by atoms with E-state index in [1.54, 1.807) is 0 Å². The summed E-state index contributed by atoms with van der Waals surface area (Å²) < 4.78 is 4.54. The smallest absolute Gasteiger partial charge is 0.407 e. The van der Waals surface area contributed by atoms with Crippen LogP contribution >= 0.6 is 0 Å². The van der Waals surface area contributed by atoms with Gasteiger partial charge in [-0.25, -0.2) is 4.79 Å². The number of carbonyl (C=O) groups is 2. The van der Waals surface area contributed by atoms with Crippen molar-refractivity contribution in [2.24, 2.45) is 5.41 Å². The summed E-state index contributed by atoms with van der Waals surface area (Å²) in [6.45, 7) is 7.94. The molecule has 0 heterocycles. The number of amides is 1. The van der Waals surface area contributed by atoms with Crippen LogP contribution in [0.3, 0.4) is 0 Å². The van der Waals surface area contributed by atoms with Crippen molar-refractivity contribution in [3.8, 4) is 0 Å². The quantitative estimate of drug-likeness (QED) is 0.748. The monoisotopic (exact) mass is 243 g/mol. The third kappa shape index (κ3) is 4.36. The zero-order valence-corrected chi connectivity index (χ0v) is 11.6. The molecule has 0 aliphatic heterocycles. The van der Waals surface area contributed by atoms with Gasteiger partial charge in [-0.05, 0) is 19.3 Å². The standard InChI is InChI=1S/C13H25NO3/c1-6-9-13(4,8-3)11(15)10(7-2)14-12(16)17-5/h10H,6-9H2,1-5H3,(H,14,16)/t10-,13?/m0/s1. The van der Waals surface area contributed by atoms with Gasteiger partial charge >= 0.3 is 6.09 Å². The second-order valence-corrected chi connectivity index (χ2v) is 4.63. The molecule has 1 amide bonds. The second kappa shape index (κ2) is 7.30. The van der Waals surface area contributed by atoms with Gasteiger partial charge in [-0.2, -0.15) is 0 Å². The Morgan fingerprint density at radius 2 is 1.88 bits per heavy atom. The van der Waals surface area contributed by atoms with Gasteiger partial charge in [0.25, 0.3) is 0 Å². The van der Waals surface area contributed by atoms with Crippen molar-refractivity contribution in [3.63, 3.8) is 0 Å². The number of alkyl carbamates (subject to hydrolysis) is 1. The molecule has 2 atom stereocenters. The summed E-state index contributed by atoms with van der Waals surface area (Å²) in [6, 6.07) is -0.445. The van der Waals surface area contributed by atoms with Gasteiger partial charge in [-0.1, -0.05) is 34.1 Å². The maximum Gasteiger partial charge on any atom is 0.407 e. The van der Waals surface area contributed by atoms with Crippen molar-refractivity contribution in [2.45, 2.75) is 59.4 Å². The molecule has 0 aromatic rings. The lowest BCUT2D eigenvalue weighted by molar-refractivity contribution is -0.130. The van der Waals surface area contributed by atoms with Crippen LogP contribution in [0, 0.1) is 5.41 Å². The first-order chi connectivity index (χ1) is 7.95. The zero-order chi connectivity index (χ0) is 13.5. The molecule has 0 aliphatic rings. The van der Waals surface area contributed by atoms with Gasteiger partial charge in [0, 0.05) is 5.41 Å². The normalized spacial score (nSPS) is 15.8. The van der Waals surface area contributed by atoms with E-state index in [9.17, 15) is 9.59 Å². The number of hydrogen-bond acceptors (Lipinski definition) is 3. The topological polar surface area (TPSA) is 55.4 Å². The number of hydrogen-bond donors (Lipinski definition) is 1. The van der Waals surface area contributed by atoms with Crippen molar-refractivity contribution in [3.05, 3.63) is 0 Å². The summed E-state index contributed by atoms with van der Waals surface area (Å²) >= 11 is 0. The molecule has 0 aliphatic carbocycles. The molecular weight excluding hydrogens is 218 g/mol. The fourth-order valence-corrected chi connectivity index (χ4v) is 2.00. The van der Waals surface area contributed by atoms with E-state index in [0.717, 1.165) is 19.3 Å². The highest BCUT2D eigenvalue weighted by molar-refractivity contribution is 5.91. The van der Waals surface area contributed by atoms with Crippen LogP contribution in [-0.2, 0) is 9.53 Å². The number of ketones is 1. The van der Waals surface area contributed by atoms with Crippen LogP contribution in [-0.4, -0.2) is 25.0 Å². The molecule has 0 spiro atoms. The molecule has 0 bridgehead atoms. The van der Waals surface area contributed by atoms with Crippen LogP contribution in [0.2, 0.25) is 0 Å². The predicted octanol–water partition coefficient (Wildman–Crippen LogP) is 2.91. The summed E-state index contributed by atoms with van der Waals surface area (Å²) in [5, 5.41) is 2.60. The minimum Gasteiger partial charge on any atom is -0.453 e. The van der Waals surface area contributed by atoms with Gasteiger partial charge in [0.15, 0.2) is 5.78 Å². The lowest BCUT2D eigenvalue weighted by Gasteiger charge is -2.30. The fraction of sp³-hybridized carbons (Fsp3) is 0.846. The molecule has 100 valence electrons. The van der Waals surface area contributed by atoms with E-state index in [4.69, 9.17) is 0 Å². The van der Waals surface area contributed by atoms with E-state index in [2.05, 4.69) is 17.0 Å². The molecule has 0 aromatic heterocycles. The fourth-order valence-electron chi connectivity index (χ4n) is 2.00. The molecule has 0 rings (SSSR count). The van der Waals surface area contributed by atoms with Crippen LogP contribution in [0.1, 0.15) is 53.4 Å². The van der Waals surface area contributed by atoms with Gasteiger partial charge in [0.05, 0.1) is 13.2 Å². The Morgan fingerprint density at radius 3 is 2.24 bits per heavy atom. The molecule has 4 heteroatoms. The van der Waals surface area contributed by atoms with Crippen LogP contribution < -0.4 is 5.32 Å². The Balaban J connectivity index is 4.76. The Hall–Kier alpha value is -1.06. The van der Waals surface area contributed by atoms with E-state index in [1.165, 1.54) is 7.11 Å². The van der Waals surface area contributed by atoms with Gasteiger partial charge in [0.1, 0.15) is 0 Å². The van der Waals surface area contributed by atoms with Crippen molar-refractivity contribution in [1.82, 2.24) is 5.32 Å². The Bertz CT molecular complexity index is 265. The number of methoxy groups -OCH3 is 1. The highest BCUT2D eigenvalue weighted by Gasteiger charge is 2.35. The molecule has 17 heavy (non-hydrogen) atoms. The average molecular weight is 243 g/mol. The minimum absolute atomic E-state index is 0.106. The highest BCUT2D eigenvalue weighted by Crippen LogP contribution is 2.30. The van der Waals surface area contributed by atoms with Crippen LogP contribution in [0.15, 0.2) is 0 Å². The largest absolute Gasteiger partial charge is 0.453 e. The minimum atomic E-state index is -0.542. The molecule has 0 aromatic carbocycles. The first-order valence-corrected chi connectivity index (χ1v) is 6.33. The van der Waals surface area contributed by atoms with E-state index in [0.29, 0.717) is 6.42 Å². The maximum absolute atomic E-state index is 12.4. The summed E-state index contributed by atoms with van der Waals surface area (Å²) in [7, 11) is 1.30. The van der Waals surface area contributed by atoms with Crippen LogP contribution in [0.4, 0.5) is 4.79 Å².